The van der Waals surface area contributed by atoms with Gasteiger partial charge in [-0.15, -0.1) is 0 Å². The topological polar surface area (TPSA) is 135 Å². The van der Waals surface area contributed by atoms with Gasteiger partial charge in [0.2, 0.25) is 0 Å². The summed E-state index contributed by atoms with van der Waals surface area (Å²) in [6.45, 7) is 3.35. The van der Waals surface area contributed by atoms with Crippen LogP contribution >= 0.6 is 0 Å². The number of hydrazine groups is 1. The molecule has 0 atom stereocenters. The lowest BCUT2D eigenvalue weighted by molar-refractivity contribution is -0.147. The molecule has 33 heavy (non-hydrogen) atoms. The number of hydrogen-bond donors (Lipinski definition) is 5. The number of halogens is 2. The van der Waals surface area contributed by atoms with Crippen LogP contribution in [0.4, 0.5) is 8.78 Å². The van der Waals surface area contributed by atoms with Gasteiger partial charge in [0.05, 0.1) is 17.5 Å². The molecular formula is C23H27F2N5O3. The number of furan rings is 1. The first-order valence-electron chi connectivity index (χ1n) is 10.2. The number of amides is 1. The summed E-state index contributed by atoms with van der Waals surface area (Å²) in [5.41, 5.74) is 9.01. The van der Waals surface area contributed by atoms with Gasteiger partial charge in [0.1, 0.15) is 5.58 Å². The standard InChI is InChI=1S/C23H27F2N5O3/c1-13(8-15-4-5-17-16(9-15)6-7-33-17)19(14(2)28-3)20(31)21(32)30-22(18(26)10-29-27)11-23(24,25)12-22/h4-10,28-29H,11-12,26-27H2,1-3H3,(H,30,32)/b13-8+,18-10-,19-14+. The maximum Gasteiger partial charge on any atom is 0.293 e. The minimum atomic E-state index is -3.01. The summed E-state index contributed by atoms with van der Waals surface area (Å²) >= 11 is 0. The molecule has 0 bridgehead atoms. The Labute approximate surface area is 189 Å². The van der Waals surface area contributed by atoms with E-state index in [2.05, 4.69) is 16.1 Å². The molecule has 1 aromatic carbocycles. The first-order valence-corrected chi connectivity index (χ1v) is 10.2. The third-order valence-corrected chi connectivity index (χ3v) is 5.70. The predicted octanol–water partition coefficient (Wildman–Crippen LogP) is 2.45. The van der Waals surface area contributed by atoms with Crippen molar-refractivity contribution in [2.45, 2.75) is 38.2 Å². The molecule has 7 N–H and O–H groups in total. The smallest absolute Gasteiger partial charge is 0.293 e. The van der Waals surface area contributed by atoms with E-state index in [0.717, 1.165) is 22.7 Å². The van der Waals surface area contributed by atoms with Crippen LogP contribution in [-0.2, 0) is 9.59 Å². The highest BCUT2D eigenvalue weighted by Gasteiger charge is 2.59. The highest BCUT2D eigenvalue weighted by molar-refractivity contribution is 6.44. The second-order valence-electron chi connectivity index (χ2n) is 8.14. The summed E-state index contributed by atoms with van der Waals surface area (Å²) < 4.78 is 32.7. The number of alkyl halides is 2. The molecule has 1 aromatic heterocycles. The van der Waals surface area contributed by atoms with Crippen molar-refractivity contribution in [1.82, 2.24) is 16.1 Å². The van der Waals surface area contributed by atoms with Crippen molar-refractivity contribution in [3.8, 4) is 0 Å². The van der Waals surface area contributed by atoms with E-state index in [4.69, 9.17) is 16.0 Å². The fraction of sp³-hybridized carbons (Fsp3) is 0.304. The lowest BCUT2D eigenvalue weighted by Gasteiger charge is -2.47. The molecule has 1 fully saturated rings. The Hall–Kier alpha value is -3.66. The van der Waals surface area contributed by atoms with E-state index in [9.17, 15) is 18.4 Å². The van der Waals surface area contributed by atoms with Gasteiger partial charge in [-0.3, -0.25) is 15.4 Å². The molecule has 8 nitrogen and oxygen atoms in total. The maximum absolute atomic E-state index is 13.7. The summed E-state index contributed by atoms with van der Waals surface area (Å²) in [4.78, 5) is 26.0. The van der Waals surface area contributed by atoms with E-state index in [1.54, 1.807) is 39.3 Å². The minimum Gasteiger partial charge on any atom is -0.464 e. The summed E-state index contributed by atoms with van der Waals surface area (Å²) in [6.07, 6.45) is 3.00. The second kappa shape index (κ2) is 9.07. The monoisotopic (exact) mass is 459 g/mol. The zero-order valence-electron chi connectivity index (χ0n) is 18.6. The van der Waals surface area contributed by atoms with Crippen molar-refractivity contribution >= 4 is 28.7 Å². The molecule has 176 valence electrons. The summed E-state index contributed by atoms with van der Waals surface area (Å²) in [5, 5.41) is 6.18. The van der Waals surface area contributed by atoms with E-state index in [1.165, 1.54) is 0 Å². The molecule has 1 amide bonds. The van der Waals surface area contributed by atoms with Gasteiger partial charge in [0, 0.05) is 42.7 Å². The fourth-order valence-corrected chi connectivity index (χ4v) is 3.98. The lowest BCUT2D eigenvalue weighted by Crippen LogP contribution is -2.66. The summed E-state index contributed by atoms with van der Waals surface area (Å²) in [5.74, 6) is 0.285. The molecule has 1 heterocycles. The van der Waals surface area contributed by atoms with Crippen LogP contribution in [0.5, 0.6) is 0 Å². The van der Waals surface area contributed by atoms with Crippen molar-refractivity contribution < 1.29 is 22.8 Å². The largest absolute Gasteiger partial charge is 0.464 e. The Kier molecular flexibility index (Phi) is 6.59. The number of allylic oxidation sites excluding steroid dienone is 2. The quantitative estimate of drug-likeness (QED) is 0.135. The number of fused-ring (bicyclic) bond motifs is 1. The van der Waals surface area contributed by atoms with E-state index in [1.807, 2.05) is 18.2 Å². The molecule has 3 rings (SSSR count). The normalized spacial score (nSPS) is 18.2. The van der Waals surface area contributed by atoms with Crippen molar-refractivity contribution in [2.75, 3.05) is 7.05 Å². The number of carbonyl (C=O) groups excluding carboxylic acids is 2. The molecule has 10 heteroatoms. The molecule has 0 unspecified atom stereocenters. The number of rotatable bonds is 8. The summed E-state index contributed by atoms with van der Waals surface area (Å²) in [6, 6.07) is 7.33. The predicted molar refractivity (Wildman–Crippen MR) is 121 cm³/mol. The number of hydrogen-bond acceptors (Lipinski definition) is 7. The Morgan fingerprint density at radius 3 is 2.48 bits per heavy atom. The minimum absolute atomic E-state index is 0.0892. The number of nitrogens with two attached hydrogens (primary N) is 2. The average molecular weight is 459 g/mol. The van der Waals surface area contributed by atoms with Gasteiger partial charge < -0.3 is 26.2 Å². The molecular weight excluding hydrogens is 432 g/mol. The lowest BCUT2D eigenvalue weighted by atomic mass is 9.71. The van der Waals surface area contributed by atoms with Crippen LogP contribution in [0.3, 0.4) is 0 Å². The van der Waals surface area contributed by atoms with Gasteiger partial charge in [-0.2, -0.15) is 0 Å². The zero-order valence-corrected chi connectivity index (χ0v) is 18.6. The molecule has 1 aliphatic rings. The maximum atomic E-state index is 13.7. The average Bonchev–Trinajstić information content (AvgIpc) is 3.20. The molecule has 0 aliphatic heterocycles. The Morgan fingerprint density at radius 1 is 1.18 bits per heavy atom. The van der Waals surface area contributed by atoms with Crippen molar-refractivity contribution in [2.24, 2.45) is 11.6 Å². The van der Waals surface area contributed by atoms with Gasteiger partial charge in [-0.25, -0.2) is 8.78 Å². The molecule has 2 aromatic rings. The Balaban J connectivity index is 1.90. The number of Topliss-reactive ketones (excluding diaryl/α,β-unsaturated/α-hetero) is 1. The van der Waals surface area contributed by atoms with E-state index >= 15 is 0 Å². The van der Waals surface area contributed by atoms with Crippen LogP contribution in [0.1, 0.15) is 32.3 Å². The molecule has 0 radical (unpaired) electrons. The van der Waals surface area contributed by atoms with Gasteiger partial charge in [-0.1, -0.05) is 12.1 Å². The van der Waals surface area contributed by atoms with Gasteiger partial charge >= 0.3 is 0 Å². The zero-order chi connectivity index (χ0) is 24.4. The van der Waals surface area contributed by atoms with Crippen LogP contribution in [0.15, 0.2) is 63.7 Å². The van der Waals surface area contributed by atoms with Crippen molar-refractivity contribution in [3.63, 3.8) is 0 Å². The number of ketones is 1. The van der Waals surface area contributed by atoms with Crippen LogP contribution < -0.4 is 27.6 Å². The van der Waals surface area contributed by atoms with Crippen molar-refractivity contribution in [3.05, 3.63) is 64.8 Å². The SMILES string of the molecule is CN/C(C)=C(C(=O)C(=O)NC1(/C(N)=C/NN)CC(F)(F)C1)\C(C)=C\c1ccc2occc2c1. The number of nitrogens with one attached hydrogen (secondary N) is 3. The van der Waals surface area contributed by atoms with E-state index in [-0.39, 0.29) is 11.3 Å². The molecule has 1 saturated carbocycles. The summed E-state index contributed by atoms with van der Waals surface area (Å²) in [7, 11) is 1.62. The van der Waals surface area contributed by atoms with Crippen LogP contribution in [-0.4, -0.2) is 30.2 Å². The van der Waals surface area contributed by atoms with Crippen LogP contribution in [0.2, 0.25) is 0 Å². The number of carbonyl (C=O) groups is 2. The highest BCUT2D eigenvalue weighted by atomic mass is 19.3. The van der Waals surface area contributed by atoms with Crippen LogP contribution in [0, 0.1) is 0 Å². The van der Waals surface area contributed by atoms with Gasteiger partial charge in [0.15, 0.2) is 0 Å². The van der Waals surface area contributed by atoms with E-state index in [0.29, 0.717) is 11.3 Å². The fourth-order valence-electron chi connectivity index (χ4n) is 3.98. The van der Waals surface area contributed by atoms with Crippen LogP contribution in [0.25, 0.3) is 17.0 Å². The first kappa shape index (κ1) is 24.0. The number of benzene rings is 1. The Bertz CT molecular complexity index is 1170. The van der Waals surface area contributed by atoms with E-state index < -0.39 is 36.0 Å². The van der Waals surface area contributed by atoms with Crippen molar-refractivity contribution in [1.29, 1.82) is 0 Å². The molecule has 0 saturated heterocycles. The molecule has 0 spiro atoms. The Morgan fingerprint density at radius 2 is 1.88 bits per heavy atom. The van der Waals surface area contributed by atoms with Gasteiger partial charge in [-0.05, 0) is 43.2 Å². The second-order valence-corrected chi connectivity index (χ2v) is 8.14. The first-order chi connectivity index (χ1) is 15.5. The highest BCUT2D eigenvalue weighted by Crippen LogP contribution is 2.48. The van der Waals surface area contributed by atoms with Gasteiger partial charge in [0.25, 0.3) is 17.6 Å². The third-order valence-electron chi connectivity index (χ3n) is 5.70. The molecule has 1 aliphatic carbocycles. The third kappa shape index (κ3) is 4.90.